The number of aryl methyl sites for hydroxylation is 1. The lowest BCUT2D eigenvalue weighted by Crippen LogP contribution is -2.38. The maximum absolute atomic E-state index is 12.9. The van der Waals surface area contributed by atoms with Gasteiger partial charge in [0.15, 0.2) is 11.6 Å². The van der Waals surface area contributed by atoms with Crippen LogP contribution in [0.2, 0.25) is 0 Å². The highest BCUT2D eigenvalue weighted by atomic mass is 16.5. The van der Waals surface area contributed by atoms with Gasteiger partial charge in [0, 0.05) is 33.0 Å². The van der Waals surface area contributed by atoms with Crippen LogP contribution >= 0.6 is 0 Å². The van der Waals surface area contributed by atoms with E-state index in [0.717, 1.165) is 42.3 Å². The van der Waals surface area contributed by atoms with Crippen molar-refractivity contribution in [2.24, 2.45) is 0 Å². The summed E-state index contributed by atoms with van der Waals surface area (Å²) in [5.74, 6) is 2.69. The summed E-state index contributed by atoms with van der Waals surface area (Å²) in [5.41, 5.74) is 1.12. The zero-order valence-corrected chi connectivity index (χ0v) is 17.0. The van der Waals surface area contributed by atoms with Crippen LogP contribution in [0.15, 0.2) is 24.3 Å². The molecular formula is C21H27N5O3. The summed E-state index contributed by atoms with van der Waals surface area (Å²) < 4.78 is 7.28. The molecule has 0 spiro atoms. The van der Waals surface area contributed by atoms with Crippen molar-refractivity contribution >= 4 is 11.8 Å². The quantitative estimate of drug-likeness (QED) is 0.770. The van der Waals surface area contributed by atoms with E-state index in [-0.39, 0.29) is 17.9 Å². The van der Waals surface area contributed by atoms with Crippen LogP contribution in [0.3, 0.4) is 0 Å². The first-order valence-corrected chi connectivity index (χ1v) is 10.2. The molecule has 2 aliphatic heterocycles. The van der Waals surface area contributed by atoms with Gasteiger partial charge in [-0.3, -0.25) is 9.59 Å². The molecule has 2 aliphatic rings. The van der Waals surface area contributed by atoms with E-state index in [0.29, 0.717) is 32.5 Å². The summed E-state index contributed by atoms with van der Waals surface area (Å²) in [5, 5.41) is 8.72. The predicted octanol–water partition coefficient (Wildman–Crippen LogP) is 1.95. The van der Waals surface area contributed by atoms with Crippen molar-refractivity contribution in [3.8, 4) is 5.75 Å². The summed E-state index contributed by atoms with van der Waals surface area (Å²) in [4.78, 5) is 28.3. The van der Waals surface area contributed by atoms with E-state index >= 15 is 0 Å². The minimum absolute atomic E-state index is 0.0245. The van der Waals surface area contributed by atoms with Gasteiger partial charge >= 0.3 is 0 Å². The monoisotopic (exact) mass is 397 g/mol. The molecule has 8 nitrogen and oxygen atoms in total. The number of carbonyl (C=O) groups excluding carboxylic acids is 2. The van der Waals surface area contributed by atoms with Crippen molar-refractivity contribution in [2.45, 2.75) is 51.7 Å². The van der Waals surface area contributed by atoms with Crippen LogP contribution in [0.4, 0.5) is 0 Å². The van der Waals surface area contributed by atoms with Crippen molar-refractivity contribution in [1.29, 1.82) is 0 Å². The fraction of sp³-hybridized carbons (Fsp3) is 0.524. The maximum atomic E-state index is 12.9. The van der Waals surface area contributed by atoms with Crippen LogP contribution in [-0.2, 0) is 29.1 Å². The molecule has 8 heteroatoms. The number of benzene rings is 1. The zero-order chi connectivity index (χ0) is 20.4. The first-order valence-electron chi connectivity index (χ1n) is 10.2. The van der Waals surface area contributed by atoms with E-state index in [2.05, 4.69) is 14.8 Å². The molecule has 0 bridgehead atoms. The molecule has 1 fully saturated rings. The van der Waals surface area contributed by atoms with Gasteiger partial charge in [-0.25, -0.2) is 0 Å². The van der Waals surface area contributed by atoms with Gasteiger partial charge in [0.25, 0.3) is 0 Å². The Labute approximate surface area is 170 Å². The van der Waals surface area contributed by atoms with Crippen LogP contribution < -0.4 is 4.74 Å². The highest BCUT2D eigenvalue weighted by molar-refractivity contribution is 5.77. The molecule has 2 amide bonds. The Bertz CT molecular complexity index is 892. The minimum atomic E-state index is -0.0245. The molecule has 2 aromatic rings. The topological polar surface area (TPSA) is 80.6 Å². The molecular weight excluding hydrogens is 370 g/mol. The molecule has 1 aromatic heterocycles. The van der Waals surface area contributed by atoms with Gasteiger partial charge in [-0.2, -0.15) is 0 Å². The third kappa shape index (κ3) is 3.97. The average molecular weight is 397 g/mol. The number of hydrogen-bond donors (Lipinski definition) is 0. The van der Waals surface area contributed by atoms with Gasteiger partial charge in [-0.15, -0.1) is 10.2 Å². The molecule has 1 saturated heterocycles. The Morgan fingerprint density at radius 3 is 2.66 bits per heavy atom. The molecule has 0 unspecified atom stereocenters. The van der Waals surface area contributed by atoms with Gasteiger partial charge in [0.1, 0.15) is 5.75 Å². The second-order valence-electron chi connectivity index (χ2n) is 7.66. The molecule has 0 N–H and O–H groups in total. The minimum Gasteiger partial charge on any atom is -0.497 e. The van der Waals surface area contributed by atoms with E-state index in [9.17, 15) is 9.59 Å². The fourth-order valence-electron chi connectivity index (χ4n) is 4.22. The summed E-state index contributed by atoms with van der Waals surface area (Å²) in [6, 6.07) is 7.83. The smallest absolute Gasteiger partial charge is 0.223 e. The molecule has 1 atom stereocenters. The highest BCUT2D eigenvalue weighted by Gasteiger charge is 2.35. The van der Waals surface area contributed by atoms with E-state index in [1.165, 1.54) is 0 Å². The number of rotatable bonds is 5. The summed E-state index contributed by atoms with van der Waals surface area (Å²) in [7, 11) is 1.65. The van der Waals surface area contributed by atoms with Gasteiger partial charge in [-0.05, 0) is 37.0 Å². The van der Waals surface area contributed by atoms with Crippen LogP contribution in [0.1, 0.15) is 49.4 Å². The number of methoxy groups -OCH3 is 1. The third-order valence-corrected chi connectivity index (χ3v) is 5.88. The number of ether oxygens (including phenoxy) is 1. The lowest BCUT2D eigenvalue weighted by atomic mass is 10.1. The first kappa shape index (κ1) is 19.4. The maximum Gasteiger partial charge on any atom is 0.223 e. The van der Waals surface area contributed by atoms with E-state index in [1.807, 2.05) is 29.2 Å². The number of hydrogen-bond acceptors (Lipinski definition) is 5. The van der Waals surface area contributed by atoms with Gasteiger partial charge in [0.05, 0.1) is 19.7 Å². The largest absolute Gasteiger partial charge is 0.497 e. The summed E-state index contributed by atoms with van der Waals surface area (Å²) in [6.45, 7) is 4.16. The molecule has 4 rings (SSSR count). The van der Waals surface area contributed by atoms with Gasteiger partial charge in [0.2, 0.25) is 11.8 Å². The van der Waals surface area contributed by atoms with Crippen LogP contribution in [0.25, 0.3) is 0 Å². The second-order valence-corrected chi connectivity index (χ2v) is 7.66. The van der Waals surface area contributed by atoms with Crippen molar-refractivity contribution < 1.29 is 14.3 Å². The number of aromatic nitrogens is 3. The molecule has 154 valence electrons. The van der Waals surface area contributed by atoms with E-state index in [4.69, 9.17) is 4.74 Å². The predicted molar refractivity (Wildman–Crippen MR) is 106 cm³/mol. The Kier molecular flexibility index (Phi) is 5.51. The summed E-state index contributed by atoms with van der Waals surface area (Å²) in [6.07, 6.45) is 3.06. The lowest BCUT2D eigenvalue weighted by Gasteiger charge is -2.29. The Morgan fingerprint density at radius 1 is 1.14 bits per heavy atom. The van der Waals surface area contributed by atoms with Crippen molar-refractivity contribution in [3.63, 3.8) is 0 Å². The van der Waals surface area contributed by atoms with E-state index in [1.54, 1.807) is 18.9 Å². The van der Waals surface area contributed by atoms with Crippen molar-refractivity contribution in [3.05, 3.63) is 41.5 Å². The second kappa shape index (κ2) is 8.23. The number of fused-ring (bicyclic) bond motifs is 1. The van der Waals surface area contributed by atoms with Gasteiger partial charge < -0.3 is 19.1 Å². The van der Waals surface area contributed by atoms with Crippen molar-refractivity contribution in [1.82, 2.24) is 24.6 Å². The standard InChI is InChI=1S/C21H27N5O3/c1-15(27)24-12-13-26-19(14-24)22-23-21(26)18-4-3-11-25(18)20(28)10-7-16-5-8-17(29-2)9-6-16/h5-6,8-9,18H,3-4,7,10-14H2,1-2H3/t18-/m1/s1. The molecule has 29 heavy (non-hydrogen) atoms. The van der Waals surface area contributed by atoms with E-state index < -0.39 is 0 Å². The molecule has 0 radical (unpaired) electrons. The SMILES string of the molecule is COc1ccc(CCC(=O)N2CCC[C@@H]2c2nnc3n2CCN(C(C)=O)C3)cc1. The van der Waals surface area contributed by atoms with Crippen LogP contribution in [0.5, 0.6) is 5.75 Å². The summed E-state index contributed by atoms with van der Waals surface area (Å²) >= 11 is 0. The van der Waals surface area contributed by atoms with Crippen molar-refractivity contribution in [2.75, 3.05) is 20.2 Å². The number of likely N-dealkylation sites (tertiary alicyclic amines) is 1. The lowest BCUT2D eigenvalue weighted by molar-refractivity contribution is -0.132. The van der Waals surface area contributed by atoms with Crippen LogP contribution in [0, 0.1) is 0 Å². The molecule has 3 heterocycles. The Hall–Kier alpha value is -2.90. The Balaban J connectivity index is 1.42. The third-order valence-electron chi connectivity index (χ3n) is 5.88. The zero-order valence-electron chi connectivity index (χ0n) is 17.0. The average Bonchev–Trinajstić information content (AvgIpc) is 3.38. The highest BCUT2D eigenvalue weighted by Crippen LogP contribution is 2.32. The first-order chi connectivity index (χ1) is 14.1. The normalized spacial score (nSPS) is 18.6. The van der Waals surface area contributed by atoms with Crippen LogP contribution in [-0.4, -0.2) is 56.6 Å². The molecule has 0 aliphatic carbocycles. The van der Waals surface area contributed by atoms with Gasteiger partial charge in [-0.1, -0.05) is 12.1 Å². The fourth-order valence-corrected chi connectivity index (χ4v) is 4.22. The number of amides is 2. The number of carbonyl (C=O) groups is 2. The number of nitrogens with zero attached hydrogens (tertiary/aromatic N) is 5. The Morgan fingerprint density at radius 2 is 1.93 bits per heavy atom. The molecule has 0 saturated carbocycles. The molecule has 1 aromatic carbocycles.